The standard InChI is InChI=1S/C18H33N.C2H2/c1-5-11-16(2)17(3)19-15-14-18(4)12-9-7-6-8-10-13-18;1-2/h5,11,19H,6-10,12-15H2,1-4H3;1-2H/b11-5-,17-16+;. The molecule has 0 aliphatic heterocycles. The molecular formula is C20H35N. The minimum atomic E-state index is 0.572. The zero-order valence-electron chi connectivity index (χ0n) is 14.7. The molecule has 1 nitrogen and oxygen atoms in total. The Morgan fingerprint density at radius 2 is 1.57 bits per heavy atom. The molecule has 0 aromatic rings. The normalized spacial score (nSPS) is 19.7. The minimum absolute atomic E-state index is 0.572. The maximum atomic E-state index is 4.00. The Balaban J connectivity index is 0.00000191. The zero-order chi connectivity index (χ0) is 16.1. The Kier molecular flexibility index (Phi) is 10.9. The van der Waals surface area contributed by atoms with Gasteiger partial charge in [-0.3, -0.25) is 0 Å². The second-order valence-electron chi connectivity index (χ2n) is 6.56. The maximum absolute atomic E-state index is 4.00. The number of nitrogens with one attached hydrogen (secondary N) is 1. The summed E-state index contributed by atoms with van der Waals surface area (Å²) < 4.78 is 0. The van der Waals surface area contributed by atoms with E-state index in [1.165, 1.54) is 62.6 Å². The second kappa shape index (κ2) is 11.5. The van der Waals surface area contributed by atoms with E-state index in [4.69, 9.17) is 0 Å². The maximum Gasteiger partial charge on any atom is 0.0149 e. The first-order valence-electron chi connectivity index (χ1n) is 8.45. The molecule has 1 heteroatoms. The van der Waals surface area contributed by atoms with Crippen LogP contribution in [0.1, 0.15) is 79.1 Å². The summed E-state index contributed by atoms with van der Waals surface area (Å²) in [6, 6.07) is 0. The molecule has 0 amide bonds. The topological polar surface area (TPSA) is 12.0 Å². The molecule has 0 saturated heterocycles. The molecule has 0 aromatic carbocycles. The first-order chi connectivity index (χ1) is 10.1. The van der Waals surface area contributed by atoms with Crippen molar-refractivity contribution in [2.75, 3.05) is 6.54 Å². The van der Waals surface area contributed by atoms with E-state index >= 15 is 0 Å². The first kappa shape index (κ1) is 19.8. The summed E-state index contributed by atoms with van der Waals surface area (Å²) in [5.41, 5.74) is 3.25. The average molecular weight is 290 g/mol. The van der Waals surface area contributed by atoms with Gasteiger partial charge in [-0.2, -0.15) is 0 Å². The summed E-state index contributed by atoms with van der Waals surface area (Å²) in [6.45, 7) is 10.1. The lowest BCUT2D eigenvalue weighted by Gasteiger charge is -2.32. The molecule has 120 valence electrons. The molecular weight excluding hydrogens is 254 g/mol. The fourth-order valence-corrected chi connectivity index (χ4v) is 3.08. The van der Waals surface area contributed by atoms with E-state index in [-0.39, 0.29) is 0 Å². The summed E-state index contributed by atoms with van der Waals surface area (Å²) in [4.78, 5) is 0. The van der Waals surface area contributed by atoms with E-state index in [0.29, 0.717) is 5.41 Å². The van der Waals surface area contributed by atoms with Gasteiger partial charge in [-0.1, -0.05) is 51.2 Å². The van der Waals surface area contributed by atoms with Crippen LogP contribution >= 0.6 is 0 Å². The quantitative estimate of drug-likeness (QED) is 0.495. The zero-order valence-corrected chi connectivity index (χ0v) is 14.7. The predicted molar refractivity (Wildman–Crippen MR) is 96.1 cm³/mol. The van der Waals surface area contributed by atoms with Gasteiger partial charge in [0.05, 0.1) is 0 Å². The van der Waals surface area contributed by atoms with Gasteiger partial charge in [0, 0.05) is 12.2 Å². The molecule has 1 saturated carbocycles. The Labute approximate surface area is 133 Å². The molecule has 1 rings (SSSR count). The van der Waals surface area contributed by atoms with Crippen LogP contribution < -0.4 is 5.32 Å². The minimum Gasteiger partial charge on any atom is -0.388 e. The van der Waals surface area contributed by atoms with Crippen LogP contribution in [-0.4, -0.2) is 6.54 Å². The third-order valence-corrected chi connectivity index (χ3v) is 4.69. The van der Waals surface area contributed by atoms with Gasteiger partial charge in [0.15, 0.2) is 0 Å². The molecule has 1 aliphatic carbocycles. The number of rotatable bonds is 5. The SMILES string of the molecule is C#C.C/C=C\C(C)=C(/C)NCCC1(C)CCCCCCC1. The van der Waals surface area contributed by atoms with E-state index in [9.17, 15) is 0 Å². The van der Waals surface area contributed by atoms with E-state index < -0.39 is 0 Å². The molecule has 0 unspecified atom stereocenters. The van der Waals surface area contributed by atoms with Gasteiger partial charge in [0.1, 0.15) is 0 Å². The van der Waals surface area contributed by atoms with Crippen LogP contribution in [0.3, 0.4) is 0 Å². The highest BCUT2D eigenvalue weighted by Crippen LogP contribution is 2.36. The van der Waals surface area contributed by atoms with Crippen molar-refractivity contribution in [1.29, 1.82) is 0 Å². The summed E-state index contributed by atoms with van der Waals surface area (Å²) in [5.74, 6) is 0. The Morgan fingerprint density at radius 1 is 1.05 bits per heavy atom. The van der Waals surface area contributed by atoms with Gasteiger partial charge in [0.2, 0.25) is 0 Å². The van der Waals surface area contributed by atoms with Crippen LogP contribution in [0.2, 0.25) is 0 Å². The van der Waals surface area contributed by atoms with Crippen LogP contribution in [0.15, 0.2) is 23.4 Å². The van der Waals surface area contributed by atoms with Crippen molar-refractivity contribution >= 4 is 0 Å². The summed E-state index contributed by atoms with van der Waals surface area (Å²) in [7, 11) is 0. The molecule has 0 heterocycles. The monoisotopic (exact) mass is 289 g/mol. The molecule has 0 aromatic heterocycles. The molecule has 0 spiro atoms. The van der Waals surface area contributed by atoms with Gasteiger partial charge in [0.25, 0.3) is 0 Å². The molecule has 1 N–H and O–H groups in total. The highest BCUT2D eigenvalue weighted by atomic mass is 14.9. The molecule has 1 fully saturated rings. The van der Waals surface area contributed by atoms with Crippen molar-refractivity contribution in [1.82, 2.24) is 5.32 Å². The first-order valence-corrected chi connectivity index (χ1v) is 8.45. The number of terminal acetylenes is 1. The lowest BCUT2D eigenvalue weighted by molar-refractivity contribution is 0.218. The predicted octanol–water partition coefficient (Wildman–Crippen LogP) is 5.84. The lowest BCUT2D eigenvalue weighted by Crippen LogP contribution is -2.25. The molecule has 1 aliphatic rings. The number of hydrogen-bond donors (Lipinski definition) is 1. The Hall–Kier alpha value is -1.16. The van der Waals surface area contributed by atoms with Crippen molar-refractivity contribution in [3.63, 3.8) is 0 Å². The van der Waals surface area contributed by atoms with Gasteiger partial charge in [-0.15, -0.1) is 12.8 Å². The molecule has 0 bridgehead atoms. The highest BCUT2D eigenvalue weighted by molar-refractivity contribution is 5.20. The summed E-state index contributed by atoms with van der Waals surface area (Å²) in [5, 5.41) is 3.60. The Bertz CT molecular complexity index is 338. The Morgan fingerprint density at radius 3 is 2.10 bits per heavy atom. The van der Waals surface area contributed by atoms with Gasteiger partial charge in [-0.25, -0.2) is 0 Å². The molecule has 21 heavy (non-hydrogen) atoms. The third-order valence-electron chi connectivity index (χ3n) is 4.69. The second-order valence-corrected chi connectivity index (χ2v) is 6.56. The summed E-state index contributed by atoms with van der Waals surface area (Å²) >= 11 is 0. The van der Waals surface area contributed by atoms with Crippen molar-refractivity contribution in [2.45, 2.75) is 79.1 Å². The van der Waals surface area contributed by atoms with E-state index in [2.05, 4.69) is 58.0 Å². The van der Waals surface area contributed by atoms with Gasteiger partial charge in [-0.05, 0) is 51.0 Å². The largest absolute Gasteiger partial charge is 0.388 e. The highest BCUT2D eigenvalue weighted by Gasteiger charge is 2.24. The molecule has 0 radical (unpaired) electrons. The van der Waals surface area contributed by atoms with Crippen LogP contribution in [0.4, 0.5) is 0 Å². The number of allylic oxidation sites excluding steroid dienone is 4. The van der Waals surface area contributed by atoms with Crippen molar-refractivity contribution < 1.29 is 0 Å². The fraction of sp³-hybridized carbons (Fsp3) is 0.700. The van der Waals surface area contributed by atoms with Crippen LogP contribution in [-0.2, 0) is 0 Å². The van der Waals surface area contributed by atoms with E-state index in [1.807, 2.05) is 0 Å². The van der Waals surface area contributed by atoms with Gasteiger partial charge < -0.3 is 5.32 Å². The summed E-state index contributed by atoms with van der Waals surface area (Å²) in [6.07, 6.45) is 23.7. The van der Waals surface area contributed by atoms with Crippen molar-refractivity contribution in [3.8, 4) is 12.8 Å². The van der Waals surface area contributed by atoms with Crippen LogP contribution in [0, 0.1) is 18.3 Å². The molecule has 0 atom stereocenters. The van der Waals surface area contributed by atoms with Crippen molar-refractivity contribution in [2.24, 2.45) is 5.41 Å². The van der Waals surface area contributed by atoms with Crippen LogP contribution in [0.25, 0.3) is 0 Å². The van der Waals surface area contributed by atoms with Gasteiger partial charge >= 0.3 is 0 Å². The van der Waals surface area contributed by atoms with E-state index in [1.54, 1.807) is 0 Å². The smallest absolute Gasteiger partial charge is 0.0149 e. The van der Waals surface area contributed by atoms with E-state index in [0.717, 1.165) is 6.54 Å². The number of hydrogen-bond acceptors (Lipinski definition) is 1. The van der Waals surface area contributed by atoms with Crippen molar-refractivity contribution in [3.05, 3.63) is 23.4 Å². The fourth-order valence-electron chi connectivity index (χ4n) is 3.08. The van der Waals surface area contributed by atoms with Crippen LogP contribution in [0.5, 0.6) is 0 Å². The average Bonchev–Trinajstić information content (AvgIpc) is 2.46. The lowest BCUT2D eigenvalue weighted by atomic mass is 9.75. The third kappa shape index (κ3) is 8.66.